The third kappa shape index (κ3) is 9.23. The number of ether oxygens (including phenoxy) is 1. The third-order valence-electron chi connectivity index (χ3n) is 5.53. The van der Waals surface area contributed by atoms with E-state index in [2.05, 4.69) is 10.6 Å². The predicted molar refractivity (Wildman–Crippen MR) is 136 cm³/mol. The number of amides is 3. The van der Waals surface area contributed by atoms with Gasteiger partial charge in [-0.1, -0.05) is 51.0 Å². The van der Waals surface area contributed by atoms with Crippen molar-refractivity contribution in [3.63, 3.8) is 0 Å². The number of hydrogen-bond donors (Lipinski definition) is 2. The summed E-state index contributed by atoms with van der Waals surface area (Å²) in [4.78, 5) is 41.2. The molecule has 194 valence electrons. The second kappa shape index (κ2) is 13.1. The number of carbonyl (C=O) groups excluding carboxylic acids is 3. The molecule has 0 aliphatic heterocycles. The Hall–Kier alpha value is -3.08. The Morgan fingerprint density at radius 3 is 2.26 bits per heavy atom. The molecule has 35 heavy (non-hydrogen) atoms. The average Bonchev–Trinajstić information content (AvgIpc) is 2.72. The molecule has 0 saturated heterocycles. The van der Waals surface area contributed by atoms with E-state index in [-0.39, 0.29) is 24.4 Å². The highest BCUT2D eigenvalue weighted by atomic mass is 16.6. The second-order valence-electron chi connectivity index (χ2n) is 10.5. The van der Waals surface area contributed by atoms with Crippen molar-refractivity contribution in [2.75, 3.05) is 6.54 Å². The number of hydrogen-bond acceptors (Lipinski definition) is 5. The first-order valence-electron chi connectivity index (χ1n) is 12.3. The highest BCUT2D eigenvalue weighted by Crippen LogP contribution is 2.27. The van der Waals surface area contributed by atoms with E-state index < -0.39 is 29.7 Å². The number of nitrogens with zero attached hydrogens (tertiary/aromatic N) is 2. The highest BCUT2D eigenvalue weighted by molar-refractivity contribution is 5.92. The SMILES string of the molecule is CCCC(C)NC(=O)C(c1cc(C)ccc1C)N(CC#N)C(=O)C(NC(=O)OC(C)(C)C)C(C)C. The summed E-state index contributed by atoms with van der Waals surface area (Å²) in [5, 5.41) is 15.3. The van der Waals surface area contributed by atoms with E-state index in [1.807, 2.05) is 52.0 Å². The first kappa shape index (κ1) is 30.0. The van der Waals surface area contributed by atoms with Gasteiger partial charge in [-0.05, 0) is 65.0 Å². The van der Waals surface area contributed by atoms with Crippen molar-refractivity contribution in [3.05, 3.63) is 34.9 Å². The molecule has 0 spiro atoms. The molecule has 8 nitrogen and oxygen atoms in total. The Morgan fingerprint density at radius 1 is 1.11 bits per heavy atom. The zero-order chi connectivity index (χ0) is 26.9. The Labute approximate surface area is 210 Å². The number of nitriles is 1. The summed E-state index contributed by atoms with van der Waals surface area (Å²) in [6.45, 7) is 16.2. The zero-order valence-electron chi connectivity index (χ0n) is 22.7. The molecule has 0 bridgehead atoms. The molecule has 1 aromatic carbocycles. The molecule has 1 rings (SSSR count). The van der Waals surface area contributed by atoms with E-state index in [0.29, 0.717) is 5.56 Å². The van der Waals surface area contributed by atoms with Gasteiger partial charge in [0.2, 0.25) is 11.8 Å². The third-order valence-corrected chi connectivity index (χ3v) is 5.53. The normalized spacial score (nSPS) is 13.9. The van der Waals surface area contributed by atoms with Crippen LogP contribution in [0.15, 0.2) is 18.2 Å². The van der Waals surface area contributed by atoms with Gasteiger partial charge < -0.3 is 20.3 Å². The Kier molecular flexibility index (Phi) is 11.2. The largest absolute Gasteiger partial charge is 0.444 e. The molecule has 0 fully saturated rings. The lowest BCUT2D eigenvalue weighted by atomic mass is 9.94. The van der Waals surface area contributed by atoms with Gasteiger partial charge in [0, 0.05) is 6.04 Å². The van der Waals surface area contributed by atoms with Crippen molar-refractivity contribution >= 4 is 17.9 Å². The minimum absolute atomic E-state index is 0.0973. The van der Waals surface area contributed by atoms with Crippen LogP contribution in [0.2, 0.25) is 0 Å². The van der Waals surface area contributed by atoms with Gasteiger partial charge in [-0.3, -0.25) is 9.59 Å². The number of rotatable bonds is 10. The average molecular weight is 487 g/mol. The lowest BCUT2D eigenvalue weighted by molar-refractivity contribution is -0.142. The number of aryl methyl sites for hydroxylation is 2. The van der Waals surface area contributed by atoms with Crippen molar-refractivity contribution < 1.29 is 19.1 Å². The van der Waals surface area contributed by atoms with E-state index in [1.165, 1.54) is 4.90 Å². The van der Waals surface area contributed by atoms with Gasteiger partial charge >= 0.3 is 6.09 Å². The van der Waals surface area contributed by atoms with Crippen LogP contribution in [-0.4, -0.2) is 47.0 Å². The summed E-state index contributed by atoms with van der Waals surface area (Å²) in [5.74, 6) is -1.18. The van der Waals surface area contributed by atoms with Crippen LogP contribution in [0.25, 0.3) is 0 Å². The van der Waals surface area contributed by atoms with Crippen LogP contribution in [-0.2, 0) is 14.3 Å². The summed E-state index contributed by atoms with van der Waals surface area (Å²) in [5.41, 5.74) is 1.67. The van der Waals surface area contributed by atoms with Crippen molar-refractivity contribution in [1.82, 2.24) is 15.5 Å². The molecular weight excluding hydrogens is 444 g/mol. The topological polar surface area (TPSA) is 112 Å². The quantitative estimate of drug-likeness (QED) is 0.471. The van der Waals surface area contributed by atoms with Crippen molar-refractivity contribution in [3.8, 4) is 6.07 Å². The molecule has 0 heterocycles. The summed E-state index contributed by atoms with van der Waals surface area (Å²) in [6.07, 6.45) is 0.948. The molecule has 3 amide bonds. The molecule has 3 atom stereocenters. The van der Waals surface area contributed by atoms with E-state index in [0.717, 1.165) is 24.0 Å². The molecule has 0 radical (unpaired) electrons. The number of benzene rings is 1. The minimum Gasteiger partial charge on any atom is -0.444 e. The molecule has 0 aromatic heterocycles. The van der Waals surface area contributed by atoms with Crippen LogP contribution >= 0.6 is 0 Å². The zero-order valence-corrected chi connectivity index (χ0v) is 22.7. The molecule has 0 aliphatic carbocycles. The van der Waals surface area contributed by atoms with Gasteiger partial charge in [-0.2, -0.15) is 5.26 Å². The molecule has 2 N–H and O–H groups in total. The van der Waals surface area contributed by atoms with Crippen LogP contribution in [0.1, 0.15) is 84.0 Å². The molecule has 0 saturated carbocycles. The fraction of sp³-hybridized carbons (Fsp3) is 0.630. The first-order valence-corrected chi connectivity index (χ1v) is 12.3. The summed E-state index contributed by atoms with van der Waals surface area (Å²) >= 11 is 0. The molecule has 8 heteroatoms. The highest BCUT2D eigenvalue weighted by Gasteiger charge is 2.38. The molecule has 1 aromatic rings. The van der Waals surface area contributed by atoms with E-state index in [4.69, 9.17) is 4.74 Å². The van der Waals surface area contributed by atoms with Crippen LogP contribution < -0.4 is 10.6 Å². The van der Waals surface area contributed by atoms with Crippen LogP contribution in [0, 0.1) is 31.1 Å². The Morgan fingerprint density at radius 2 is 1.74 bits per heavy atom. The van der Waals surface area contributed by atoms with E-state index >= 15 is 0 Å². The lowest BCUT2D eigenvalue weighted by Crippen LogP contribution is -2.55. The Balaban J connectivity index is 3.51. The predicted octanol–water partition coefficient (Wildman–Crippen LogP) is 4.55. The van der Waals surface area contributed by atoms with E-state index in [9.17, 15) is 19.6 Å². The van der Waals surface area contributed by atoms with Crippen molar-refractivity contribution in [2.45, 2.75) is 98.9 Å². The monoisotopic (exact) mass is 486 g/mol. The van der Waals surface area contributed by atoms with Gasteiger partial charge in [0.1, 0.15) is 24.2 Å². The van der Waals surface area contributed by atoms with Crippen LogP contribution in [0.4, 0.5) is 4.79 Å². The minimum atomic E-state index is -1.02. The van der Waals surface area contributed by atoms with Crippen LogP contribution in [0.5, 0.6) is 0 Å². The maximum absolute atomic E-state index is 13.8. The standard InChI is InChI=1S/C27H42N4O4/c1-10-11-20(6)29-24(32)23(21-16-18(4)12-13-19(21)5)31(15-14-28)25(33)22(17(2)3)30-26(34)35-27(7,8)9/h12-13,16-17,20,22-23H,10-11,15H2,1-9H3,(H,29,32)(H,30,34). The maximum atomic E-state index is 13.8. The molecule has 0 aliphatic rings. The van der Waals surface area contributed by atoms with Gasteiger partial charge in [0.05, 0.1) is 6.07 Å². The molecular formula is C27H42N4O4. The van der Waals surface area contributed by atoms with Gasteiger partial charge in [-0.25, -0.2) is 4.79 Å². The maximum Gasteiger partial charge on any atom is 0.408 e. The lowest BCUT2D eigenvalue weighted by Gasteiger charge is -2.35. The van der Waals surface area contributed by atoms with Gasteiger partial charge in [0.15, 0.2) is 0 Å². The number of alkyl carbamates (subject to hydrolysis) is 1. The van der Waals surface area contributed by atoms with Crippen molar-refractivity contribution in [2.24, 2.45) is 5.92 Å². The summed E-state index contributed by atoms with van der Waals surface area (Å²) < 4.78 is 5.35. The van der Waals surface area contributed by atoms with Gasteiger partial charge in [-0.15, -0.1) is 0 Å². The summed E-state index contributed by atoms with van der Waals surface area (Å²) in [6, 6.07) is 5.63. The smallest absolute Gasteiger partial charge is 0.408 e. The fourth-order valence-electron chi connectivity index (χ4n) is 3.83. The Bertz CT molecular complexity index is 930. The number of carbonyl (C=O) groups is 3. The second-order valence-corrected chi connectivity index (χ2v) is 10.5. The van der Waals surface area contributed by atoms with Crippen LogP contribution in [0.3, 0.4) is 0 Å². The summed E-state index contributed by atoms with van der Waals surface area (Å²) in [7, 11) is 0. The molecule has 3 unspecified atom stereocenters. The fourth-order valence-corrected chi connectivity index (χ4v) is 3.83. The van der Waals surface area contributed by atoms with Crippen molar-refractivity contribution in [1.29, 1.82) is 5.26 Å². The van der Waals surface area contributed by atoms with Gasteiger partial charge in [0.25, 0.3) is 0 Å². The van der Waals surface area contributed by atoms with E-state index in [1.54, 1.807) is 34.6 Å². The number of nitrogens with one attached hydrogen (secondary N) is 2. The first-order chi connectivity index (χ1) is 16.2.